The molecule has 0 fully saturated rings. The second-order valence-electron chi connectivity index (χ2n) is 2.81. The fraction of sp³-hybridized carbons (Fsp3) is 0.429. The molecule has 1 aliphatic heterocycles. The van der Waals surface area contributed by atoms with Crippen LogP contribution in [-0.4, -0.2) is 18.1 Å². The van der Waals surface area contributed by atoms with E-state index in [1.807, 2.05) is 0 Å². The molecule has 1 atom stereocenters. The summed E-state index contributed by atoms with van der Waals surface area (Å²) in [5.74, 6) is 0. The molecular weight excluding hydrogens is 346 g/mol. The number of hydrogen-bond donors (Lipinski definition) is 0. The van der Waals surface area contributed by atoms with Gasteiger partial charge in [0.25, 0.3) is 0 Å². The average Bonchev–Trinajstić information content (AvgIpc) is 2.13. The fourth-order valence-corrected chi connectivity index (χ4v) is 2.97. The van der Waals surface area contributed by atoms with Gasteiger partial charge in [-0.1, -0.05) is 76.2 Å². The van der Waals surface area contributed by atoms with E-state index in [-0.39, 0.29) is 5.03 Å². The Labute approximate surface area is 123 Å². The highest BCUT2D eigenvalue weighted by Crippen LogP contribution is 2.61. The zero-order valence-electron chi connectivity index (χ0n) is 6.95. The lowest BCUT2D eigenvalue weighted by molar-refractivity contribution is 0.368. The van der Waals surface area contributed by atoms with Crippen molar-refractivity contribution in [2.75, 3.05) is 0 Å². The van der Waals surface area contributed by atoms with Crippen LogP contribution in [0.3, 0.4) is 0 Å². The van der Waals surface area contributed by atoms with Crippen molar-refractivity contribution in [2.24, 2.45) is 0 Å². The van der Waals surface area contributed by atoms with Gasteiger partial charge in [-0.25, -0.2) is 0 Å². The lowest BCUT2D eigenvalue weighted by Gasteiger charge is -2.48. The van der Waals surface area contributed by atoms with E-state index in [2.05, 4.69) is 6.58 Å². The standard InChI is InChI=1S/C7H4Cl7N/c1-2-5(9)7(12,13)6(10,11)4(8)3-15(5)14/h2-3H,1H2. The highest BCUT2D eigenvalue weighted by atomic mass is 35.5. The lowest BCUT2D eigenvalue weighted by atomic mass is 10.1. The molecule has 0 saturated carbocycles. The van der Waals surface area contributed by atoms with Crippen molar-refractivity contribution < 1.29 is 0 Å². The minimum atomic E-state index is -1.86. The Morgan fingerprint density at radius 1 is 1.20 bits per heavy atom. The van der Waals surface area contributed by atoms with Crippen molar-refractivity contribution in [3.05, 3.63) is 23.9 Å². The van der Waals surface area contributed by atoms with E-state index < -0.39 is 13.7 Å². The number of halogens is 7. The maximum Gasteiger partial charge on any atom is 0.197 e. The van der Waals surface area contributed by atoms with Crippen molar-refractivity contribution >= 4 is 81.4 Å². The summed E-state index contributed by atoms with van der Waals surface area (Å²) in [5.41, 5.74) is 0. The normalized spacial score (nSPS) is 33.5. The molecule has 8 heteroatoms. The van der Waals surface area contributed by atoms with E-state index in [0.717, 1.165) is 4.42 Å². The molecule has 0 spiro atoms. The summed E-state index contributed by atoms with van der Waals surface area (Å²) in [6, 6.07) is 0. The van der Waals surface area contributed by atoms with Crippen LogP contribution in [0.1, 0.15) is 0 Å². The Morgan fingerprint density at radius 2 is 1.67 bits per heavy atom. The van der Waals surface area contributed by atoms with Crippen LogP contribution in [0.25, 0.3) is 0 Å². The monoisotopic (exact) mass is 347 g/mol. The molecule has 0 aliphatic carbocycles. The number of nitrogens with zero attached hydrogens (tertiary/aromatic N) is 1. The van der Waals surface area contributed by atoms with Gasteiger partial charge >= 0.3 is 0 Å². The molecule has 1 rings (SSSR count). The van der Waals surface area contributed by atoms with E-state index in [4.69, 9.17) is 81.4 Å². The van der Waals surface area contributed by atoms with Gasteiger partial charge in [-0.3, -0.25) is 4.42 Å². The Morgan fingerprint density at radius 3 is 2.07 bits per heavy atom. The van der Waals surface area contributed by atoms with Crippen molar-refractivity contribution in [3.63, 3.8) is 0 Å². The maximum atomic E-state index is 6.09. The molecule has 1 nitrogen and oxygen atoms in total. The molecule has 0 aromatic rings. The largest absolute Gasteiger partial charge is 0.264 e. The van der Waals surface area contributed by atoms with E-state index in [9.17, 15) is 0 Å². The van der Waals surface area contributed by atoms with Gasteiger partial charge < -0.3 is 0 Å². The summed E-state index contributed by atoms with van der Waals surface area (Å²) in [6.07, 6.45) is 2.45. The third kappa shape index (κ3) is 1.85. The van der Waals surface area contributed by atoms with Gasteiger partial charge in [0.2, 0.25) is 0 Å². The molecule has 1 heterocycles. The third-order valence-electron chi connectivity index (χ3n) is 1.94. The van der Waals surface area contributed by atoms with Gasteiger partial charge in [-0.2, -0.15) is 0 Å². The molecule has 0 bridgehead atoms. The Kier molecular flexibility index (Phi) is 4.03. The van der Waals surface area contributed by atoms with Gasteiger partial charge in [0.1, 0.15) is 0 Å². The zero-order valence-corrected chi connectivity index (χ0v) is 12.2. The van der Waals surface area contributed by atoms with Crippen molar-refractivity contribution in [1.82, 2.24) is 4.42 Å². The SMILES string of the molecule is C=CC1(Cl)N(Cl)C=C(Cl)C(Cl)(Cl)C1(Cl)Cl. The molecule has 0 amide bonds. The first-order chi connectivity index (χ1) is 6.61. The topological polar surface area (TPSA) is 3.24 Å². The predicted octanol–water partition coefficient (Wildman–Crippen LogP) is 5.00. The molecule has 0 saturated heterocycles. The first-order valence-corrected chi connectivity index (χ1v) is 6.13. The zero-order chi connectivity index (χ0) is 12.1. The molecular formula is C7H4Cl7N. The Bertz CT molecular complexity index is 323. The molecule has 0 N–H and O–H groups in total. The first-order valence-electron chi connectivity index (χ1n) is 3.52. The lowest BCUT2D eigenvalue weighted by Crippen LogP contribution is -2.60. The summed E-state index contributed by atoms with van der Waals surface area (Å²) >= 11 is 41.6. The first kappa shape index (κ1) is 14.4. The van der Waals surface area contributed by atoms with E-state index in [1.54, 1.807) is 0 Å². The predicted molar refractivity (Wildman–Crippen MR) is 69.3 cm³/mol. The van der Waals surface area contributed by atoms with Crippen molar-refractivity contribution in [2.45, 2.75) is 13.7 Å². The van der Waals surface area contributed by atoms with Crippen molar-refractivity contribution in [3.8, 4) is 0 Å². The summed E-state index contributed by atoms with van der Waals surface area (Å²) in [6.45, 7) is 3.48. The molecule has 1 unspecified atom stereocenters. The minimum absolute atomic E-state index is 0.0380. The van der Waals surface area contributed by atoms with Gasteiger partial charge in [-0.15, -0.1) is 0 Å². The minimum Gasteiger partial charge on any atom is -0.264 e. The van der Waals surface area contributed by atoms with Crippen LogP contribution in [0.5, 0.6) is 0 Å². The van der Waals surface area contributed by atoms with Crippen LogP contribution in [0.15, 0.2) is 23.9 Å². The van der Waals surface area contributed by atoms with Gasteiger partial charge in [0.05, 0.1) is 5.03 Å². The van der Waals surface area contributed by atoms with Crippen LogP contribution >= 0.6 is 81.4 Å². The van der Waals surface area contributed by atoms with Crippen LogP contribution in [0, 0.1) is 0 Å². The molecule has 1 aliphatic rings. The number of hydrogen-bond acceptors (Lipinski definition) is 1. The van der Waals surface area contributed by atoms with E-state index in [0.29, 0.717) is 0 Å². The van der Waals surface area contributed by atoms with E-state index >= 15 is 0 Å². The Balaban J connectivity index is 3.44. The summed E-state index contributed by atoms with van der Waals surface area (Å²) in [7, 11) is 0. The smallest absolute Gasteiger partial charge is 0.197 e. The second kappa shape index (κ2) is 4.20. The van der Waals surface area contributed by atoms with Crippen LogP contribution in [-0.2, 0) is 0 Å². The number of rotatable bonds is 1. The van der Waals surface area contributed by atoms with Gasteiger partial charge in [-0.05, 0) is 6.08 Å². The van der Waals surface area contributed by atoms with Gasteiger partial charge in [0, 0.05) is 18.0 Å². The highest BCUT2D eigenvalue weighted by Gasteiger charge is 2.66. The summed E-state index contributed by atoms with van der Waals surface area (Å²) in [5, 5.41) is -0.0380. The third-order valence-corrected chi connectivity index (χ3v) is 6.29. The van der Waals surface area contributed by atoms with Gasteiger partial charge in [0.15, 0.2) is 13.7 Å². The average molecular weight is 350 g/mol. The van der Waals surface area contributed by atoms with E-state index in [1.165, 1.54) is 12.3 Å². The van der Waals surface area contributed by atoms with Crippen LogP contribution in [0.2, 0.25) is 0 Å². The molecule has 86 valence electrons. The highest BCUT2D eigenvalue weighted by molar-refractivity contribution is 6.69. The molecule has 0 radical (unpaired) electrons. The quantitative estimate of drug-likeness (QED) is 0.278. The van der Waals surface area contributed by atoms with Crippen LogP contribution in [0.4, 0.5) is 0 Å². The number of alkyl halides is 5. The number of allylic oxidation sites excluding steroid dienone is 1. The second-order valence-corrected chi connectivity index (χ2v) is 6.82. The Hall–Kier alpha value is 1.31. The van der Waals surface area contributed by atoms with Crippen LogP contribution < -0.4 is 0 Å². The summed E-state index contributed by atoms with van der Waals surface area (Å²) in [4.78, 5) is -1.57. The maximum absolute atomic E-state index is 6.09. The summed E-state index contributed by atoms with van der Waals surface area (Å²) < 4.78 is -2.67. The molecule has 0 aromatic carbocycles. The van der Waals surface area contributed by atoms with Crippen molar-refractivity contribution in [1.29, 1.82) is 0 Å². The molecule has 15 heavy (non-hydrogen) atoms. The molecule has 0 aromatic heterocycles. The fourth-order valence-electron chi connectivity index (χ4n) is 0.994.